The molecule has 2 aromatic rings. The molecule has 0 saturated heterocycles. The minimum Gasteiger partial charge on any atom is -0.508 e. The molecule has 0 heterocycles. The normalized spacial score (nSPS) is 12.8. The molecule has 0 aliphatic rings. The summed E-state index contributed by atoms with van der Waals surface area (Å²) in [6.45, 7) is 3.51. The largest absolute Gasteiger partial charge is 0.508 e. The van der Waals surface area contributed by atoms with Gasteiger partial charge in [0.15, 0.2) is 0 Å². The Balaban J connectivity index is 2.18. The number of esters is 1. The summed E-state index contributed by atoms with van der Waals surface area (Å²) in [5.41, 5.74) is 6.24. The number of nitrogen functional groups attached to an aromatic ring is 1. The Morgan fingerprint density at radius 3 is 2.43 bits per heavy atom. The van der Waals surface area contributed by atoms with E-state index in [1.807, 2.05) is 0 Å². The summed E-state index contributed by atoms with van der Waals surface area (Å²) in [6.07, 6.45) is -5.96. The summed E-state index contributed by atoms with van der Waals surface area (Å²) in [5.74, 6) is -1.41. The van der Waals surface area contributed by atoms with Crippen molar-refractivity contribution in [3.05, 3.63) is 58.1 Å². The van der Waals surface area contributed by atoms with Crippen molar-refractivity contribution in [1.82, 2.24) is 10.8 Å². The number of nitrogens with one attached hydrogen (secondary N) is 2. The molecule has 0 fully saturated rings. The van der Waals surface area contributed by atoms with E-state index < -0.39 is 29.6 Å². The lowest BCUT2D eigenvalue weighted by atomic mass is 9.82. The lowest BCUT2D eigenvalue weighted by Gasteiger charge is -2.29. The minimum atomic E-state index is -4.55. The van der Waals surface area contributed by atoms with Gasteiger partial charge in [-0.2, -0.15) is 18.7 Å². The zero-order valence-electron chi connectivity index (χ0n) is 19.3. The Hall–Kier alpha value is -3.02. The van der Waals surface area contributed by atoms with Gasteiger partial charge in [0.05, 0.1) is 25.1 Å². The first-order valence-corrected chi connectivity index (χ1v) is 10.9. The number of hydroxylamine groups is 1. The Labute approximate surface area is 205 Å². The number of anilines is 1. The Kier molecular flexibility index (Phi) is 9.36. The van der Waals surface area contributed by atoms with Crippen LogP contribution in [0, 0.1) is 0 Å². The van der Waals surface area contributed by atoms with E-state index in [1.165, 1.54) is 36.4 Å². The Bertz CT molecular complexity index is 1040. The molecule has 2 aromatic carbocycles. The number of halogens is 4. The van der Waals surface area contributed by atoms with Crippen molar-refractivity contribution in [2.24, 2.45) is 0 Å². The predicted molar refractivity (Wildman–Crippen MR) is 124 cm³/mol. The molecule has 0 saturated carbocycles. The van der Waals surface area contributed by atoms with Crippen LogP contribution < -0.4 is 16.5 Å². The maximum atomic E-state index is 13.6. The van der Waals surface area contributed by atoms with Gasteiger partial charge in [-0.3, -0.25) is 14.4 Å². The molecule has 0 aliphatic heterocycles. The number of carbonyl (C=O) groups excluding carboxylic acids is 2. The van der Waals surface area contributed by atoms with Crippen LogP contribution in [0.2, 0.25) is 5.02 Å². The van der Waals surface area contributed by atoms with Gasteiger partial charge in [-0.25, -0.2) is 0 Å². The van der Waals surface area contributed by atoms with Crippen LogP contribution in [0.5, 0.6) is 5.75 Å². The average Bonchev–Trinajstić information content (AvgIpc) is 2.74. The molecule has 2 rings (SSSR count). The van der Waals surface area contributed by atoms with Crippen molar-refractivity contribution in [2.45, 2.75) is 44.9 Å². The summed E-state index contributed by atoms with van der Waals surface area (Å²) in [7, 11) is 0. The fourth-order valence-electron chi connectivity index (χ4n) is 3.05. The maximum absolute atomic E-state index is 13.6. The molecular weight excluding hydrogens is 491 g/mol. The van der Waals surface area contributed by atoms with Crippen LogP contribution in [-0.4, -0.2) is 36.4 Å². The lowest BCUT2D eigenvalue weighted by Crippen LogP contribution is -2.37. The van der Waals surface area contributed by atoms with Gasteiger partial charge in [0.2, 0.25) is 0 Å². The van der Waals surface area contributed by atoms with Gasteiger partial charge in [0.1, 0.15) is 11.9 Å². The van der Waals surface area contributed by atoms with E-state index in [-0.39, 0.29) is 52.8 Å². The van der Waals surface area contributed by atoms with E-state index >= 15 is 0 Å². The number of amides is 1. The summed E-state index contributed by atoms with van der Waals surface area (Å²) >= 11 is 6.10. The van der Waals surface area contributed by atoms with Crippen LogP contribution in [0.15, 0.2) is 36.4 Å². The van der Waals surface area contributed by atoms with Crippen molar-refractivity contribution in [3.63, 3.8) is 0 Å². The highest BCUT2D eigenvalue weighted by molar-refractivity contribution is 6.30. The number of hydrogen-bond acceptors (Lipinski definition) is 7. The molecule has 1 amide bonds. The first-order valence-electron chi connectivity index (χ1n) is 10.5. The smallest absolute Gasteiger partial charge is 0.397 e. The Morgan fingerprint density at radius 2 is 1.83 bits per heavy atom. The molecule has 1 unspecified atom stereocenters. The first kappa shape index (κ1) is 28.2. The van der Waals surface area contributed by atoms with Gasteiger partial charge in [-0.15, -0.1) is 0 Å². The third-order valence-corrected chi connectivity index (χ3v) is 5.35. The van der Waals surface area contributed by atoms with E-state index in [9.17, 15) is 27.9 Å². The van der Waals surface area contributed by atoms with Crippen LogP contribution in [0.4, 0.5) is 18.9 Å². The monoisotopic (exact) mass is 517 g/mol. The molecule has 8 nitrogen and oxygen atoms in total. The second kappa shape index (κ2) is 11.6. The van der Waals surface area contributed by atoms with E-state index in [1.54, 1.807) is 6.92 Å². The van der Waals surface area contributed by atoms with Crippen molar-refractivity contribution < 1.29 is 37.4 Å². The fraction of sp³-hybridized carbons (Fsp3) is 0.391. The lowest BCUT2D eigenvalue weighted by molar-refractivity contribution is -0.180. The second-order valence-electron chi connectivity index (χ2n) is 8.15. The average molecular weight is 518 g/mol. The molecular formula is C23H27ClF3N3O5. The van der Waals surface area contributed by atoms with Crippen LogP contribution in [0.3, 0.4) is 0 Å². The number of phenolic OH excluding ortho intramolecular Hbond substituents is 1. The van der Waals surface area contributed by atoms with Gasteiger partial charge in [-0.05, 0) is 56.2 Å². The quantitative estimate of drug-likeness (QED) is 0.121. The van der Waals surface area contributed by atoms with E-state index in [0.29, 0.717) is 0 Å². The standard InChI is InChI=1S/C23H27ClF3N3O5/c1-4-34-20(32)11-19(13-5-15(9-16(24)6-13)22(2,3)23(25,26)27)35-30-12-29-21(33)14-7-17(28)10-18(31)8-14/h5-10,19,30-31H,4,11-12,28H2,1-3H3,(H,29,33). The van der Waals surface area contributed by atoms with Gasteiger partial charge >= 0.3 is 12.1 Å². The highest BCUT2D eigenvalue weighted by atomic mass is 35.5. The predicted octanol–water partition coefficient (Wildman–Crippen LogP) is 4.37. The van der Waals surface area contributed by atoms with Crippen LogP contribution in [-0.2, 0) is 19.8 Å². The number of benzene rings is 2. The third-order valence-electron chi connectivity index (χ3n) is 5.13. The summed E-state index contributed by atoms with van der Waals surface area (Å²) in [6, 6.07) is 7.70. The van der Waals surface area contributed by atoms with Gasteiger partial charge in [0, 0.05) is 22.3 Å². The van der Waals surface area contributed by atoms with E-state index in [2.05, 4.69) is 10.8 Å². The molecule has 35 heavy (non-hydrogen) atoms. The maximum Gasteiger partial charge on any atom is 0.397 e. The molecule has 12 heteroatoms. The number of alkyl halides is 3. The number of nitrogens with two attached hydrogens (primary N) is 1. The van der Waals surface area contributed by atoms with Crippen molar-refractivity contribution in [3.8, 4) is 5.75 Å². The summed E-state index contributed by atoms with van der Waals surface area (Å²) in [5, 5.41) is 12.1. The zero-order valence-corrected chi connectivity index (χ0v) is 20.1. The van der Waals surface area contributed by atoms with Crippen LogP contribution in [0.25, 0.3) is 0 Å². The molecule has 0 aromatic heterocycles. The number of aromatic hydroxyl groups is 1. The number of rotatable bonds is 10. The van der Waals surface area contributed by atoms with Crippen LogP contribution in [0.1, 0.15) is 54.8 Å². The summed E-state index contributed by atoms with van der Waals surface area (Å²) < 4.78 is 45.7. The van der Waals surface area contributed by atoms with Crippen molar-refractivity contribution in [1.29, 1.82) is 0 Å². The molecule has 0 radical (unpaired) electrons. The number of hydrogen-bond donors (Lipinski definition) is 4. The third kappa shape index (κ3) is 7.74. The minimum absolute atomic E-state index is 0.0297. The van der Waals surface area contributed by atoms with Crippen molar-refractivity contribution >= 4 is 29.2 Å². The zero-order chi connectivity index (χ0) is 26.4. The highest BCUT2D eigenvalue weighted by Crippen LogP contribution is 2.42. The number of phenols is 1. The molecule has 0 spiro atoms. The molecule has 0 bridgehead atoms. The molecule has 0 aliphatic carbocycles. The fourth-order valence-corrected chi connectivity index (χ4v) is 3.29. The summed E-state index contributed by atoms with van der Waals surface area (Å²) in [4.78, 5) is 29.9. The SMILES string of the molecule is CCOC(=O)CC(ONCNC(=O)c1cc(N)cc(O)c1)c1cc(Cl)cc(C(C)(C)C(F)(F)F)c1. The van der Waals surface area contributed by atoms with Crippen molar-refractivity contribution in [2.75, 3.05) is 19.0 Å². The van der Waals surface area contributed by atoms with E-state index in [4.69, 9.17) is 26.9 Å². The van der Waals surface area contributed by atoms with E-state index in [0.717, 1.165) is 13.8 Å². The van der Waals surface area contributed by atoms with Gasteiger partial charge in [-0.1, -0.05) is 17.7 Å². The second-order valence-corrected chi connectivity index (χ2v) is 8.59. The van der Waals surface area contributed by atoms with Gasteiger partial charge < -0.3 is 20.9 Å². The highest BCUT2D eigenvalue weighted by Gasteiger charge is 2.48. The van der Waals surface area contributed by atoms with Crippen LogP contribution >= 0.6 is 11.6 Å². The Morgan fingerprint density at radius 1 is 1.14 bits per heavy atom. The first-order chi connectivity index (χ1) is 16.2. The number of ether oxygens (including phenoxy) is 1. The molecule has 192 valence electrons. The number of carbonyl (C=O) groups is 2. The topological polar surface area (TPSA) is 123 Å². The van der Waals surface area contributed by atoms with Gasteiger partial charge in [0.25, 0.3) is 5.91 Å². The molecule has 5 N–H and O–H groups in total. The molecule has 1 atom stereocenters.